The fraction of sp³-hybridized carbons (Fsp3) is 0.571. The van der Waals surface area contributed by atoms with Gasteiger partial charge in [-0.2, -0.15) is 0 Å². The Morgan fingerprint density at radius 2 is 1.53 bits per heavy atom. The fourth-order valence-corrected chi connectivity index (χ4v) is 2.36. The van der Waals surface area contributed by atoms with Crippen LogP contribution in [0.2, 0.25) is 0 Å². The Bertz CT molecular complexity index is 291. The van der Waals surface area contributed by atoms with Gasteiger partial charge in [0.2, 0.25) is 0 Å². The molecule has 0 N–H and O–H groups in total. The molecule has 0 unspecified atom stereocenters. The van der Waals surface area contributed by atoms with Gasteiger partial charge in [0.1, 0.15) is 0 Å². The molecule has 0 aliphatic carbocycles. The van der Waals surface area contributed by atoms with E-state index in [4.69, 9.17) is 0 Å². The predicted octanol–water partition coefficient (Wildman–Crippen LogP) is 4.98. The lowest BCUT2D eigenvalue weighted by Crippen LogP contribution is -1.95. The Morgan fingerprint density at radius 3 is 2.13 bits per heavy atom. The average molecular weight is 316 g/mol. The molecule has 1 heteroatoms. The lowest BCUT2D eigenvalue weighted by Gasteiger charge is -2.09. The van der Waals surface area contributed by atoms with E-state index in [1.54, 1.807) is 11.1 Å². The van der Waals surface area contributed by atoms with Crippen LogP contribution in [-0.4, -0.2) is 0 Å². The van der Waals surface area contributed by atoms with Crippen molar-refractivity contribution in [1.82, 2.24) is 0 Å². The summed E-state index contributed by atoms with van der Waals surface area (Å²) in [5, 5.41) is 0. The number of rotatable bonds is 6. The van der Waals surface area contributed by atoms with Crippen molar-refractivity contribution < 1.29 is 0 Å². The van der Waals surface area contributed by atoms with E-state index in [1.165, 1.54) is 42.1 Å². The highest BCUT2D eigenvalue weighted by Crippen LogP contribution is 2.18. The van der Waals surface area contributed by atoms with Crippen molar-refractivity contribution in [2.45, 2.75) is 52.4 Å². The zero-order valence-corrected chi connectivity index (χ0v) is 12.0. The molecule has 1 rings (SSSR count). The van der Waals surface area contributed by atoms with Gasteiger partial charge in [0.05, 0.1) is 0 Å². The Labute approximate surface area is 108 Å². The van der Waals surface area contributed by atoms with Gasteiger partial charge < -0.3 is 0 Å². The van der Waals surface area contributed by atoms with Crippen molar-refractivity contribution in [3.8, 4) is 0 Å². The van der Waals surface area contributed by atoms with Gasteiger partial charge in [-0.25, -0.2) is 0 Å². The summed E-state index contributed by atoms with van der Waals surface area (Å²) >= 11 is 2.41. The van der Waals surface area contributed by atoms with E-state index < -0.39 is 0 Å². The van der Waals surface area contributed by atoms with E-state index >= 15 is 0 Å². The van der Waals surface area contributed by atoms with Crippen LogP contribution in [0, 0.1) is 3.57 Å². The smallest absolute Gasteiger partial charge is 0.0133 e. The van der Waals surface area contributed by atoms with E-state index in [1.807, 2.05) is 0 Å². The van der Waals surface area contributed by atoms with Crippen LogP contribution in [0.5, 0.6) is 0 Å². The second-order valence-electron chi connectivity index (χ2n) is 4.12. The first-order chi connectivity index (χ1) is 7.27. The molecule has 0 aliphatic rings. The Morgan fingerprint density at radius 1 is 0.933 bits per heavy atom. The molecule has 1 aromatic carbocycles. The third-order valence-electron chi connectivity index (χ3n) is 2.77. The van der Waals surface area contributed by atoms with Gasteiger partial charge in [-0.05, 0) is 71.5 Å². The highest BCUT2D eigenvalue weighted by molar-refractivity contribution is 14.1. The van der Waals surface area contributed by atoms with Crippen LogP contribution < -0.4 is 0 Å². The Kier molecular flexibility index (Phi) is 6.30. The summed E-state index contributed by atoms with van der Waals surface area (Å²) in [6, 6.07) is 6.92. The van der Waals surface area contributed by atoms with Crippen LogP contribution in [-0.2, 0) is 12.8 Å². The second kappa shape index (κ2) is 7.26. The molecule has 0 aromatic heterocycles. The van der Waals surface area contributed by atoms with Gasteiger partial charge in [-0.3, -0.25) is 0 Å². The molecular weight excluding hydrogens is 295 g/mol. The normalized spacial score (nSPS) is 10.6. The van der Waals surface area contributed by atoms with Crippen LogP contribution in [0.25, 0.3) is 0 Å². The van der Waals surface area contributed by atoms with E-state index in [-0.39, 0.29) is 0 Å². The summed E-state index contributed by atoms with van der Waals surface area (Å²) in [6.45, 7) is 4.53. The first-order valence-electron chi connectivity index (χ1n) is 6.05. The molecule has 0 radical (unpaired) electrons. The molecule has 0 nitrogen and oxygen atoms in total. The van der Waals surface area contributed by atoms with Gasteiger partial charge in [-0.1, -0.05) is 32.8 Å². The van der Waals surface area contributed by atoms with E-state index in [0.717, 1.165) is 0 Å². The molecule has 0 amide bonds. The van der Waals surface area contributed by atoms with Crippen LogP contribution in [0.15, 0.2) is 18.2 Å². The zero-order chi connectivity index (χ0) is 11.1. The topological polar surface area (TPSA) is 0 Å². The zero-order valence-electron chi connectivity index (χ0n) is 9.85. The predicted molar refractivity (Wildman–Crippen MR) is 76.4 cm³/mol. The number of hydrogen-bond donors (Lipinski definition) is 0. The molecule has 0 heterocycles. The van der Waals surface area contributed by atoms with Crippen LogP contribution >= 0.6 is 22.6 Å². The Balaban J connectivity index is 2.73. The number of halogens is 1. The third kappa shape index (κ3) is 4.54. The summed E-state index contributed by atoms with van der Waals surface area (Å²) in [6.07, 6.45) is 7.73. The summed E-state index contributed by atoms with van der Waals surface area (Å²) < 4.78 is 1.37. The average Bonchev–Trinajstić information content (AvgIpc) is 2.25. The van der Waals surface area contributed by atoms with Crippen molar-refractivity contribution in [1.29, 1.82) is 0 Å². The van der Waals surface area contributed by atoms with E-state index in [9.17, 15) is 0 Å². The maximum atomic E-state index is 2.41. The Hall–Kier alpha value is -0.0500. The van der Waals surface area contributed by atoms with Crippen LogP contribution in [0.1, 0.15) is 50.7 Å². The van der Waals surface area contributed by atoms with Gasteiger partial charge in [0.15, 0.2) is 0 Å². The number of benzene rings is 1. The number of hydrogen-bond acceptors (Lipinski definition) is 0. The largest absolute Gasteiger partial charge is 0.0654 e. The molecule has 0 saturated carbocycles. The molecule has 15 heavy (non-hydrogen) atoms. The minimum Gasteiger partial charge on any atom is -0.0654 e. The van der Waals surface area contributed by atoms with Crippen molar-refractivity contribution >= 4 is 22.6 Å². The lowest BCUT2D eigenvalue weighted by molar-refractivity contribution is 0.757. The molecular formula is C14H21I. The van der Waals surface area contributed by atoms with Gasteiger partial charge in [0, 0.05) is 3.57 Å². The number of aryl methyl sites for hydroxylation is 2. The van der Waals surface area contributed by atoms with Crippen LogP contribution in [0.3, 0.4) is 0 Å². The van der Waals surface area contributed by atoms with E-state index in [2.05, 4.69) is 54.6 Å². The summed E-state index contributed by atoms with van der Waals surface area (Å²) in [7, 11) is 0. The van der Waals surface area contributed by atoms with Gasteiger partial charge >= 0.3 is 0 Å². The molecule has 0 saturated heterocycles. The molecule has 0 fully saturated rings. The molecule has 0 atom stereocenters. The summed E-state index contributed by atoms with van der Waals surface area (Å²) in [5.74, 6) is 0. The van der Waals surface area contributed by atoms with Crippen molar-refractivity contribution in [3.05, 3.63) is 32.9 Å². The quantitative estimate of drug-likeness (QED) is 0.650. The molecule has 0 spiro atoms. The molecule has 1 aromatic rings. The number of unbranched alkanes of at least 4 members (excludes halogenated alkanes) is 2. The minimum atomic E-state index is 1.26. The minimum absolute atomic E-state index is 1.26. The first kappa shape index (κ1) is 13.0. The van der Waals surface area contributed by atoms with E-state index in [0.29, 0.717) is 0 Å². The van der Waals surface area contributed by atoms with Crippen LogP contribution in [0.4, 0.5) is 0 Å². The monoisotopic (exact) mass is 316 g/mol. The lowest BCUT2D eigenvalue weighted by atomic mass is 9.98. The highest BCUT2D eigenvalue weighted by atomic mass is 127. The summed E-state index contributed by atoms with van der Waals surface area (Å²) in [5.41, 5.74) is 3.16. The van der Waals surface area contributed by atoms with Gasteiger partial charge in [-0.15, -0.1) is 0 Å². The molecule has 0 bridgehead atoms. The maximum absolute atomic E-state index is 2.41. The van der Waals surface area contributed by atoms with Gasteiger partial charge in [0.25, 0.3) is 0 Å². The third-order valence-corrected chi connectivity index (χ3v) is 3.44. The van der Waals surface area contributed by atoms with Crippen molar-refractivity contribution in [2.24, 2.45) is 0 Å². The first-order valence-corrected chi connectivity index (χ1v) is 7.13. The maximum Gasteiger partial charge on any atom is 0.0133 e. The summed E-state index contributed by atoms with van der Waals surface area (Å²) in [4.78, 5) is 0. The highest BCUT2D eigenvalue weighted by Gasteiger charge is 2.02. The molecule has 84 valence electrons. The fourth-order valence-electron chi connectivity index (χ4n) is 1.81. The van der Waals surface area contributed by atoms with Crippen molar-refractivity contribution in [2.75, 3.05) is 0 Å². The second-order valence-corrected chi connectivity index (χ2v) is 5.37. The standard InChI is InChI=1S/C14H21I/c1-3-5-7-12-9-10-14(15)11-13(12)8-6-4-2/h9-11H,3-8H2,1-2H3. The SMILES string of the molecule is CCCCc1ccc(I)cc1CCCC. The molecule has 0 aliphatic heterocycles. The van der Waals surface area contributed by atoms with Crippen molar-refractivity contribution in [3.63, 3.8) is 0 Å².